The van der Waals surface area contributed by atoms with Crippen molar-refractivity contribution in [3.8, 4) is 5.75 Å². The quantitative estimate of drug-likeness (QED) is 0.857. The first kappa shape index (κ1) is 13.5. The fraction of sp³-hybridized carbons (Fsp3) is 0.462. The number of pyridine rings is 1. The van der Waals surface area contributed by atoms with Gasteiger partial charge in [0.15, 0.2) is 6.61 Å². The summed E-state index contributed by atoms with van der Waals surface area (Å²) in [6, 6.07) is 3.80. The van der Waals surface area contributed by atoms with Gasteiger partial charge in [0.1, 0.15) is 5.75 Å². The van der Waals surface area contributed by atoms with Crippen molar-refractivity contribution < 1.29 is 9.26 Å². The van der Waals surface area contributed by atoms with Gasteiger partial charge in [-0.05, 0) is 19.2 Å². The molecule has 0 atom stereocenters. The lowest BCUT2D eigenvalue weighted by Crippen LogP contribution is -2.06. The Balaban J connectivity index is 1.90. The Morgan fingerprint density at radius 1 is 1.37 bits per heavy atom. The van der Waals surface area contributed by atoms with Crippen LogP contribution in [0.1, 0.15) is 37.2 Å². The molecule has 0 radical (unpaired) electrons. The number of nitrogens with one attached hydrogen (secondary N) is 1. The number of rotatable bonds is 6. The molecule has 6 heteroatoms. The Labute approximate surface area is 112 Å². The fourth-order valence-electron chi connectivity index (χ4n) is 1.49. The normalized spacial score (nSPS) is 10.9. The third kappa shape index (κ3) is 3.75. The lowest BCUT2D eigenvalue weighted by molar-refractivity contribution is 0.283. The van der Waals surface area contributed by atoms with Crippen LogP contribution in [0, 0.1) is 0 Å². The number of hydrogen-bond donors (Lipinski definition) is 1. The molecular weight excluding hydrogens is 244 g/mol. The second kappa shape index (κ2) is 6.29. The van der Waals surface area contributed by atoms with Crippen molar-refractivity contribution in [1.82, 2.24) is 20.4 Å². The van der Waals surface area contributed by atoms with Gasteiger partial charge in [-0.15, -0.1) is 0 Å². The van der Waals surface area contributed by atoms with E-state index in [1.54, 1.807) is 6.20 Å². The van der Waals surface area contributed by atoms with Gasteiger partial charge in [-0.2, -0.15) is 4.98 Å². The van der Waals surface area contributed by atoms with E-state index in [1.165, 1.54) is 0 Å². The van der Waals surface area contributed by atoms with Crippen molar-refractivity contribution in [3.05, 3.63) is 35.7 Å². The van der Waals surface area contributed by atoms with E-state index in [0.29, 0.717) is 17.5 Å². The molecule has 6 nitrogen and oxygen atoms in total. The Morgan fingerprint density at radius 2 is 2.21 bits per heavy atom. The van der Waals surface area contributed by atoms with E-state index in [9.17, 15) is 0 Å². The molecule has 0 fully saturated rings. The zero-order valence-corrected chi connectivity index (χ0v) is 11.4. The molecule has 0 saturated carbocycles. The van der Waals surface area contributed by atoms with Gasteiger partial charge in [-0.1, -0.05) is 19.0 Å². The number of aromatic nitrogens is 3. The molecule has 2 rings (SSSR count). The van der Waals surface area contributed by atoms with Crippen molar-refractivity contribution in [2.24, 2.45) is 0 Å². The van der Waals surface area contributed by atoms with Gasteiger partial charge in [0.25, 0.3) is 0 Å². The van der Waals surface area contributed by atoms with Gasteiger partial charge in [-0.25, -0.2) is 0 Å². The number of nitrogens with zero attached hydrogens (tertiary/aromatic N) is 3. The summed E-state index contributed by atoms with van der Waals surface area (Å²) in [4.78, 5) is 8.50. The van der Waals surface area contributed by atoms with Gasteiger partial charge in [0, 0.05) is 12.5 Å². The highest BCUT2D eigenvalue weighted by Crippen LogP contribution is 2.13. The first-order chi connectivity index (χ1) is 9.19. The maximum atomic E-state index is 5.55. The molecule has 0 saturated heterocycles. The molecule has 0 aliphatic rings. The van der Waals surface area contributed by atoms with Gasteiger partial charge in [0.05, 0.1) is 11.9 Å². The Hall–Kier alpha value is -1.95. The molecule has 0 unspecified atom stereocenters. The van der Waals surface area contributed by atoms with E-state index in [2.05, 4.69) is 20.4 Å². The Morgan fingerprint density at radius 3 is 2.79 bits per heavy atom. The first-order valence-corrected chi connectivity index (χ1v) is 6.24. The van der Waals surface area contributed by atoms with Crippen LogP contribution < -0.4 is 10.1 Å². The Bertz CT molecular complexity index is 508. The highest BCUT2D eigenvalue weighted by molar-refractivity contribution is 5.19. The van der Waals surface area contributed by atoms with Crippen LogP contribution in [0.25, 0.3) is 0 Å². The molecule has 0 aromatic carbocycles. The average Bonchev–Trinajstić information content (AvgIpc) is 2.87. The van der Waals surface area contributed by atoms with E-state index < -0.39 is 0 Å². The van der Waals surface area contributed by atoms with Crippen LogP contribution in [-0.2, 0) is 13.2 Å². The van der Waals surface area contributed by atoms with Gasteiger partial charge in [-0.3, -0.25) is 4.98 Å². The molecule has 0 spiro atoms. The van der Waals surface area contributed by atoms with Gasteiger partial charge >= 0.3 is 0 Å². The summed E-state index contributed by atoms with van der Waals surface area (Å²) in [6.45, 7) is 5.03. The first-order valence-electron chi connectivity index (χ1n) is 6.24. The molecule has 0 bridgehead atoms. The van der Waals surface area contributed by atoms with E-state index in [0.717, 1.165) is 12.2 Å². The monoisotopic (exact) mass is 262 g/mol. The fourth-order valence-corrected chi connectivity index (χ4v) is 1.49. The standard InChI is InChI=1S/C13H18N4O2/c1-9(2)13-16-12(17-19-13)8-18-11-5-4-10(6-14-3)15-7-11/h4-5,7,9,14H,6,8H2,1-3H3. The summed E-state index contributed by atoms with van der Waals surface area (Å²) < 4.78 is 10.7. The molecule has 2 aromatic heterocycles. The molecular formula is C13H18N4O2. The summed E-state index contributed by atoms with van der Waals surface area (Å²) >= 11 is 0. The molecule has 2 aromatic rings. The third-order valence-electron chi connectivity index (χ3n) is 2.50. The lowest BCUT2D eigenvalue weighted by atomic mass is 10.2. The molecule has 2 heterocycles. The minimum atomic E-state index is 0.226. The molecule has 0 aliphatic carbocycles. The molecule has 102 valence electrons. The largest absolute Gasteiger partial charge is 0.484 e. The van der Waals surface area contributed by atoms with Crippen molar-refractivity contribution >= 4 is 0 Å². The van der Waals surface area contributed by atoms with E-state index in [-0.39, 0.29) is 12.5 Å². The minimum absolute atomic E-state index is 0.226. The summed E-state index contributed by atoms with van der Waals surface area (Å²) in [5.74, 6) is 2.09. The van der Waals surface area contributed by atoms with E-state index in [4.69, 9.17) is 9.26 Å². The lowest BCUT2D eigenvalue weighted by Gasteiger charge is -2.04. The second-order valence-corrected chi connectivity index (χ2v) is 4.51. The average molecular weight is 262 g/mol. The highest BCUT2D eigenvalue weighted by atomic mass is 16.5. The molecule has 0 aliphatic heterocycles. The van der Waals surface area contributed by atoms with Crippen LogP contribution in [0.3, 0.4) is 0 Å². The minimum Gasteiger partial charge on any atom is -0.484 e. The molecule has 0 amide bonds. The maximum Gasteiger partial charge on any atom is 0.229 e. The second-order valence-electron chi connectivity index (χ2n) is 4.51. The zero-order valence-electron chi connectivity index (χ0n) is 11.4. The highest BCUT2D eigenvalue weighted by Gasteiger charge is 2.10. The van der Waals surface area contributed by atoms with Crippen LogP contribution in [0.4, 0.5) is 0 Å². The maximum absolute atomic E-state index is 5.55. The van der Waals surface area contributed by atoms with Crippen molar-refractivity contribution in [3.63, 3.8) is 0 Å². The van der Waals surface area contributed by atoms with Crippen LogP contribution >= 0.6 is 0 Å². The predicted molar refractivity (Wildman–Crippen MR) is 69.7 cm³/mol. The smallest absolute Gasteiger partial charge is 0.229 e. The predicted octanol–water partition coefficient (Wildman–Crippen LogP) is 1.89. The van der Waals surface area contributed by atoms with Crippen LogP contribution in [0.15, 0.2) is 22.9 Å². The summed E-state index contributed by atoms with van der Waals surface area (Å²) in [6.07, 6.45) is 1.69. The van der Waals surface area contributed by atoms with Gasteiger partial charge in [0.2, 0.25) is 11.7 Å². The SMILES string of the molecule is CNCc1ccc(OCc2noc(C(C)C)n2)cn1. The summed E-state index contributed by atoms with van der Waals surface area (Å²) in [5.41, 5.74) is 0.969. The Kier molecular flexibility index (Phi) is 4.46. The topological polar surface area (TPSA) is 73.1 Å². The molecule has 1 N–H and O–H groups in total. The molecule has 19 heavy (non-hydrogen) atoms. The number of hydrogen-bond acceptors (Lipinski definition) is 6. The summed E-state index contributed by atoms with van der Waals surface area (Å²) in [5, 5.41) is 6.90. The van der Waals surface area contributed by atoms with Crippen LogP contribution in [-0.4, -0.2) is 22.2 Å². The van der Waals surface area contributed by atoms with E-state index >= 15 is 0 Å². The zero-order chi connectivity index (χ0) is 13.7. The van der Waals surface area contributed by atoms with Crippen LogP contribution in [0.2, 0.25) is 0 Å². The third-order valence-corrected chi connectivity index (χ3v) is 2.50. The summed E-state index contributed by atoms with van der Waals surface area (Å²) in [7, 11) is 1.88. The van der Waals surface area contributed by atoms with Crippen molar-refractivity contribution in [2.45, 2.75) is 32.9 Å². The van der Waals surface area contributed by atoms with Crippen LogP contribution in [0.5, 0.6) is 5.75 Å². The van der Waals surface area contributed by atoms with Crippen molar-refractivity contribution in [1.29, 1.82) is 0 Å². The van der Waals surface area contributed by atoms with Crippen molar-refractivity contribution in [2.75, 3.05) is 7.05 Å². The number of ether oxygens (including phenoxy) is 1. The van der Waals surface area contributed by atoms with Gasteiger partial charge < -0.3 is 14.6 Å². The van der Waals surface area contributed by atoms with E-state index in [1.807, 2.05) is 33.0 Å².